The first-order valence-corrected chi connectivity index (χ1v) is 8.68. The first-order chi connectivity index (χ1) is 10.0. The lowest BCUT2D eigenvalue weighted by Crippen LogP contribution is -2.18. The molecule has 0 bridgehead atoms. The summed E-state index contributed by atoms with van der Waals surface area (Å²) in [6, 6.07) is 14.1. The van der Waals surface area contributed by atoms with Gasteiger partial charge in [-0.1, -0.05) is 47.1 Å². The molecule has 0 aliphatic rings. The number of nitrogens with zero attached hydrogens (tertiary/aromatic N) is 1. The van der Waals surface area contributed by atoms with Crippen LogP contribution in [0.2, 0.25) is 0 Å². The number of hydrazone groups is 1. The molecule has 4 nitrogen and oxygen atoms in total. The average molecular weight is 367 g/mol. The van der Waals surface area contributed by atoms with Gasteiger partial charge in [-0.3, -0.25) is 0 Å². The molecule has 0 heterocycles. The van der Waals surface area contributed by atoms with Crippen molar-refractivity contribution in [3.05, 3.63) is 64.1 Å². The van der Waals surface area contributed by atoms with Gasteiger partial charge >= 0.3 is 0 Å². The highest BCUT2D eigenvalue weighted by Crippen LogP contribution is 2.14. The van der Waals surface area contributed by atoms with Gasteiger partial charge in [-0.2, -0.15) is 13.5 Å². The Kier molecular flexibility index (Phi) is 5.14. The van der Waals surface area contributed by atoms with E-state index in [0.29, 0.717) is 0 Å². The second-order valence-electron chi connectivity index (χ2n) is 4.40. The van der Waals surface area contributed by atoms with Gasteiger partial charge in [0.2, 0.25) is 0 Å². The van der Waals surface area contributed by atoms with Gasteiger partial charge in [0.15, 0.2) is 0 Å². The summed E-state index contributed by atoms with van der Waals surface area (Å²) in [5.74, 6) is 0. The minimum atomic E-state index is -3.63. The quantitative estimate of drug-likeness (QED) is 0.651. The number of aryl methyl sites for hydroxylation is 1. The van der Waals surface area contributed by atoms with Crippen molar-refractivity contribution in [2.75, 3.05) is 0 Å². The molecule has 0 saturated heterocycles. The molecule has 0 atom stereocenters. The van der Waals surface area contributed by atoms with Crippen molar-refractivity contribution in [2.45, 2.75) is 18.2 Å². The maximum atomic E-state index is 12.0. The van der Waals surface area contributed by atoms with E-state index in [2.05, 4.69) is 32.8 Å². The summed E-state index contributed by atoms with van der Waals surface area (Å²) in [4.78, 5) is 2.37. The SMILES string of the molecule is CCc1ccc(/C=N\NS(=O)(=O)c2ccc(Br)cc2)cc1. The zero-order chi connectivity index (χ0) is 15.3. The predicted molar refractivity (Wildman–Crippen MR) is 87.9 cm³/mol. The first kappa shape index (κ1) is 15.7. The topological polar surface area (TPSA) is 58.5 Å². The van der Waals surface area contributed by atoms with Gasteiger partial charge in [-0.05, 0) is 41.8 Å². The van der Waals surface area contributed by atoms with E-state index in [1.807, 2.05) is 24.3 Å². The minimum Gasteiger partial charge on any atom is -0.200 e. The molecule has 0 saturated carbocycles. The molecule has 1 N–H and O–H groups in total. The summed E-state index contributed by atoms with van der Waals surface area (Å²) in [6.07, 6.45) is 2.45. The van der Waals surface area contributed by atoms with Crippen LogP contribution in [0.4, 0.5) is 0 Å². The van der Waals surface area contributed by atoms with Crippen LogP contribution in [0, 0.1) is 0 Å². The van der Waals surface area contributed by atoms with E-state index >= 15 is 0 Å². The van der Waals surface area contributed by atoms with Crippen LogP contribution in [0.3, 0.4) is 0 Å². The largest absolute Gasteiger partial charge is 0.276 e. The maximum Gasteiger partial charge on any atom is 0.276 e. The summed E-state index contributed by atoms with van der Waals surface area (Å²) in [5, 5.41) is 3.79. The Morgan fingerprint density at radius 2 is 1.71 bits per heavy atom. The van der Waals surface area contributed by atoms with Crippen molar-refractivity contribution in [1.82, 2.24) is 4.83 Å². The number of nitrogens with one attached hydrogen (secondary N) is 1. The highest BCUT2D eigenvalue weighted by atomic mass is 79.9. The van der Waals surface area contributed by atoms with Gasteiger partial charge in [0.25, 0.3) is 10.0 Å². The molecule has 110 valence electrons. The van der Waals surface area contributed by atoms with Crippen molar-refractivity contribution < 1.29 is 8.42 Å². The Morgan fingerprint density at radius 3 is 2.29 bits per heavy atom. The Morgan fingerprint density at radius 1 is 1.10 bits per heavy atom. The minimum absolute atomic E-state index is 0.171. The second-order valence-corrected chi connectivity index (χ2v) is 6.98. The van der Waals surface area contributed by atoms with Gasteiger partial charge in [0.1, 0.15) is 0 Å². The van der Waals surface area contributed by atoms with Crippen molar-refractivity contribution in [1.29, 1.82) is 0 Å². The van der Waals surface area contributed by atoms with E-state index in [0.717, 1.165) is 16.5 Å². The fraction of sp³-hybridized carbons (Fsp3) is 0.133. The van der Waals surface area contributed by atoms with E-state index in [9.17, 15) is 8.42 Å². The zero-order valence-electron chi connectivity index (χ0n) is 11.5. The number of sulfonamides is 1. The summed E-state index contributed by atoms with van der Waals surface area (Å²) >= 11 is 3.26. The van der Waals surface area contributed by atoms with Gasteiger partial charge < -0.3 is 0 Å². The standard InChI is InChI=1S/C15H15BrN2O2S/c1-2-12-3-5-13(6-4-12)11-17-18-21(19,20)15-9-7-14(16)8-10-15/h3-11,18H,2H2,1H3/b17-11-. The van der Waals surface area contributed by atoms with Gasteiger partial charge in [-0.25, -0.2) is 4.83 Å². The molecule has 0 aliphatic heterocycles. The lowest BCUT2D eigenvalue weighted by Gasteiger charge is -2.03. The fourth-order valence-electron chi connectivity index (χ4n) is 1.68. The van der Waals surface area contributed by atoms with E-state index in [-0.39, 0.29) is 4.90 Å². The third-order valence-electron chi connectivity index (χ3n) is 2.90. The molecule has 0 aliphatic carbocycles. The fourth-order valence-corrected chi connectivity index (χ4v) is 2.73. The van der Waals surface area contributed by atoms with Crippen molar-refractivity contribution in [3.8, 4) is 0 Å². The summed E-state index contributed by atoms with van der Waals surface area (Å²) in [7, 11) is -3.63. The third-order valence-corrected chi connectivity index (χ3v) is 4.67. The number of benzene rings is 2. The Balaban J connectivity index is 2.06. The number of hydrogen-bond acceptors (Lipinski definition) is 3. The molecular formula is C15H15BrN2O2S. The second kappa shape index (κ2) is 6.87. The molecular weight excluding hydrogens is 352 g/mol. The van der Waals surface area contributed by atoms with Crippen LogP contribution in [0.25, 0.3) is 0 Å². The Hall–Kier alpha value is -1.66. The maximum absolute atomic E-state index is 12.0. The van der Waals surface area contributed by atoms with Crippen LogP contribution in [0.1, 0.15) is 18.1 Å². The van der Waals surface area contributed by atoms with E-state index in [1.54, 1.807) is 12.1 Å². The molecule has 0 aromatic heterocycles. The van der Waals surface area contributed by atoms with Crippen LogP contribution in [0.15, 0.2) is 63.0 Å². The average Bonchev–Trinajstić information content (AvgIpc) is 2.48. The molecule has 21 heavy (non-hydrogen) atoms. The Bertz CT molecular complexity index is 723. The highest BCUT2D eigenvalue weighted by Gasteiger charge is 2.11. The molecule has 6 heteroatoms. The molecule has 0 spiro atoms. The molecule has 0 radical (unpaired) electrons. The molecule has 2 aromatic carbocycles. The molecule has 2 aromatic rings. The molecule has 0 unspecified atom stereocenters. The third kappa shape index (κ3) is 4.41. The lowest BCUT2D eigenvalue weighted by molar-refractivity contribution is 0.584. The van der Waals surface area contributed by atoms with Gasteiger partial charge in [0, 0.05) is 4.47 Å². The van der Waals surface area contributed by atoms with Crippen LogP contribution in [-0.4, -0.2) is 14.6 Å². The summed E-state index contributed by atoms with van der Waals surface area (Å²) in [6.45, 7) is 2.08. The molecule has 2 rings (SSSR count). The number of hydrogen-bond donors (Lipinski definition) is 1. The first-order valence-electron chi connectivity index (χ1n) is 6.40. The van der Waals surface area contributed by atoms with Crippen LogP contribution < -0.4 is 4.83 Å². The van der Waals surface area contributed by atoms with Gasteiger partial charge in [0.05, 0.1) is 11.1 Å². The van der Waals surface area contributed by atoms with E-state index in [1.165, 1.54) is 23.9 Å². The van der Waals surface area contributed by atoms with Crippen molar-refractivity contribution in [2.24, 2.45) is 5.10 Å². The van der Waals surface area contributed by atoms with E-state index < -0.39 is 10.0 Å². The predicted octanol–water partition coefficient (Wildman–Crippen LogP) is 3.32. The highest BCUT2D eigenvalue weighted by molar-refractivity contribution is 9.10. The van der Waals surface area contributed by atoms with Crippen molar-refractivity contribution >= 4 is 32.2 Å². The van der Waals surface area contributed by atoms with Crippen molar-refractivity contribution in [3.63, 3.8) is 0 Å². The van der Waals surface area contributed by atoms with Crippen LogP contribution in [0.5, 0.6) is 0 Å². The van der Waals surface area contributed by atoms with Gasteiger partial charge in [-0.15, -0.1) is 0 Å². The molecule has 0 fully saturated rings. The molecule has 0 amide bonds. The smallest absolute Gasteiger partial charge is 0.200 e. The lowest BCUT2D eigenvalue weighted by atomic mass is 10.1. The number of halogens is 1. The zero-order valence-corrected chi connectivity index (χ0v) is 13.9. The monoisotopic (exact) mass is 366 g/mol. The normalized spacial score (nSPS) is 11.7. The van der Waals surface area contributed by atoms with Crippen LogP contribution >= 0.6 is 15.9 Å². The number of rotatable bonds is 5. The summed E-state index contributed by atoms with van der Waals surface area (Å²) < 4.78 is 24.8. The Labute approximate surface area is 133 Å². The van der Waals surface area contributed by atoms with E-state index in [4.69, 9.17) is 0 Å². The van der Waals surface area contributed by atoms with Crippen LogP contribution in [-0.2, 0) is 16.4 Å². The summed E-state index contributed by atoms with van der Waals surface area (Å²) in [5.41, 5.74) is 2.06.